The second-order valence-corrected chi connectivity index (χ2v) is 6.30. The second-order valence-electron chi connectivity index (χ2n) is 5.45. The van der Waals surface area contributed by atoms with E-state index >= 15 is 0 Å². The van der Waals surface area contributed by atoms with Crippen LogP contribution in [-0.2, 0) is 4.79 Å². The number of aryl methyl sites for hydroxylation is 2. The lowest BCUT2D eigenvalue weighted by atomic mass is 10.1. The zero-order chi connectivity index (χ0) is 18.6. The minimum atomic E-state index is -0.521. The van der Waals surface area contributed by atoms with Crippen molar-refractivity contribution < 1.29 is 9.53 Å². The van der Waals surface area contributed by atoms with E-state index in [9.17, 15) is 10.1 Å². The van der Waals surface area contributed by atoms with E-state index in [0.717, 1.165) is 11.1 Å². The first kappa shape index (κ1) is 18.9. The summed E-state index contributed by atoms with van der Waals surface area (Å²) in [5.41, 5.74) is 3.01. The van der Waals surface area contributed by atoms with Crippen molar-refractivity contribution in [1.82, 2.24) is 0 Å². The number of anilines is 1. The third-order valence-corrected chi connectivity index (χ3v) is 4.04. The second kappa shape index (κ2) is 8.06. The van der Waals surface area contributed by atoms with E-state index in [4.69, 9.17) is 27.9 Å². The summed E-state index contributed by atoms with van der Waals surface area (Å²) in [5, 5.41) is 12.8. The van der Waals surface area contributed by atoms with Crippen LogP contribution in [-0.4, -0.2) is 13.0 Å². The molecule has 0 unspecified atom stereocenters. The van der Waals surface area contributed by atoms with Gasteiger partial charge in [0.05, 0.1) is 12.1 Å². The van der Waals surface area contributed by atoms with E-state index in [1.54, 1.807) is 12.1 Å². The Morgan fingerprint density at radius 2 is 1.96 bits per heavy atom. The first-order valence-electron chi connectivity index (χ1n) is 7.39. The van der Waals surface area contributed by atoms with Crippen LogP contribution in [0.3, 0.4) is 0 Å². The fraction of sp³-hybridized carbons (Fsp3) is 0.158. The Balaban J connectivity index is 2.38. The molecule has 0 radical (unpaired) electrons. The highest BCUT2D eigenvalue weighted by Gasteiger charge is 2.14. The number of halogens is 2. The Kier molecular flexibility index (Phi) is 6.08. The number of nitriles is 1. The number of hydrogen-bond acceptors (Lipinski definition) is 3. The van der Waals surface area contributed by atoms with Crippen molar-refractivity contribution in [3.05, 3.63) is 62.6 Å². The van der Waals surface area contributed by atoms with Crippen molar-refractivity contribution in [1.29, 1.82) is 5.26 Å². The van der Waals surface area contributed by atoms with Gasteiger partial charge in [0.2, 0.25) is 0 Å². The highest BCUT2D eigenvalue weighted by atomic mass is 35.5. The van der Waals surface area contributed by atoms with E-state index < -0.39 is 5.91 Å². The van der Waals surface area contributed by atoms with E-state index in [1.165, 1.54) is 19.3 Å². The Morgan fingerprint density at radius 3 is 2.56 bits per heavy atom. The minimum Gasteiger partial charge on any atom is -0.495 e. The van der Waals surface area contributed by atoms with Crippen LogP contribution < -0.4 is 10.1 Å². The van der Waals surface area contributed by atoms with Gasteiger partial charge in [0.15, 0.2) is 0 Å². The standard InChI is InChI=1S/C19H16Cl2N2O2/c1-11-4-5-17(12(2)6-11)23-19(24)14(10-22)7-13-8-15(20)9-16(21)18(13)25-3/h4-9H,1-3H3,(H,23,24)/b14-7+. The summed E-state index contributed by atoms with van der Waals surface area (Å²) >= 11 is 12.1. The molecular weight excluding hydrogens is 359 g/mol. The van der Waals surface area contributed by atoms with E-state index in [-0.39, 0.29) is 5.57 Å². The lowest BCUT2D eigenvalue weighted by molar-refractivity contribution is -0.112. The highest BCUT2D eigenvalue weighted by molar-refractivity contribution is 6.36. The molecule has 0 aliphatic rings. The third-order valence-electron chi connectivity index (χ3n) is 3.54. The SMILES string of the molecule is COc1c(Cl)cc(Cl)cc1/C=C(\C#N)C(=O)Nc1ccc(C)cc1C. The molecule has 2 aromatic rings. The van der Waals surface area contributed by atoms with Crippen molar-refractivity contribution in [3.63, 3.8) is 0 Å². The van der Waals surface area contributed by atoms with Crippen molar-refractivity contribution >= 4 is 40.9 Å². The molecule has 0 saturated carbocycles. The van der Waals surface area contributed by atoms with Gasteiger partial charge in [-0.15, -0.1) is 0 Å². The van der Waals surface area contributed by atoms with Crippen LogP contribution in [0.15, 0.2) is 35.9 Å². The van der Waals surface area contributed by atoms with Crippen LogP contribution in [0.4, 0.5) is 5.69 Å². The number of ether oxygens (including phenoxy) is 1. The maximum Gasteiger partial charge on any atom is 0.266 e. The Labute approximate surface area is 156 Å². The Morgan fingerprint density at radius 1 is 1.24 bits per heavy atom. The first-order valence-corrected chi connectivity index (χ1v) is 8.14. The summed E-state index contributed by atoms with van der Waals surface area (Å²) in [4.78, 5) is 12.4. The van der Waals surface area contributed by atoms with Gasteiger partial charge in [-0.3, -0.25) is 4.79 Å². The molecule has 0 heterocycles. The number of carbonyl (C=O) groups excluding carboxylic acids is 1. The summed E-state index contributed by atoms with van der Waals surface area (Å²) < 4.78 is 5.23. The predicted molar refractivity (Wildman–Crippen MR) is 101 cm³/mol. The molecule has 6 heteroatoms. The summed E-state index contributed by atoms with van der Waals surface area (Å²) in [6, 6.07) is 10.6. The quantitative estimate of drug-likeness (QED) is 0.593. The minimum absolute atomic E-state index is 0.0865. The fourth-order valence-corrected chi connectivity index (χ4v) is 2.94. The molecule has 0 bridgehead atoms. The molecule has 0 saturated heterocycles. The summed E-state index contributed by atoms with van der Waals surface area (Å²) in [7, 11) is 1.45. The van der Waals surface area contributed by atoms with E-state index in [1.807, 2.05) is 32.0 Å². The maximum absolute atomic E-state index is 12.4. The van der Waals surface area contributed by atoms with Gasteiger partial charge < -0.3 is 10.1 Å². The molecule has 2 aromatic carbocycles. The first-order chi connectivity index (χ1) is 11.8. The molecule has 128 valence electrons. The molecule has 0 atom stereocenters. The number of benzene rings is 2. The van der Waals surface area contributed by atoms with Crippen LogP contribution in [0, 0.1) is 25.2 Å². The fourth-order valence-electron chi connectivity index (χ4n) is 2.35. The van der Waals surface area contributed by atoms with Crippen LogP contribution in [0.1, 0.15) is 16.7 Å². The summed E-state index contributed by atoms with van der Waals surface area (Å²) in [5.74, 6) is -0.175. The zero-order valence-corrected chi connectivity index (χ0v) is 15.5. The molecular formula is C19H16Cl2N2O2. The van der Waals surface area contributed by atoms with Gasteiger partial charge in [0.1, 0.15) is 17.4 Å². The maximum atomic E-state index is 12.4. The lowest BCUT2D eigenvalue weighted by Gasteiger charge is -2.10. The Hall–Kier alpha value is -2.48. The van der Waals surface area contributed by atoms with Gasteiger partial charge in [0.25, 0.3) is 5.91 Å². The molecule has 0 aromatic heterocycles. The van der Waals surface area contributed by atoms with Crippen LogP contribution in [0.25, 0.3) is 6.08 Å². The summed E-state index contributed by atoms with van der Waals surface area (Å²) in [6.07, 6.45) is 1.40. The third kappa shape index (κ3) is 4.54. The highest BCUT2D eigenvalue weighted by Crippen LogP contribution is 2.33. The number of hydrogen-bond donors (Lipinski definition) is 1. The number of amides is 1. The average molecular weight is 375 g/mol. The van der Waals surface area contributed by atoms with Gasteiger partial charge in [-0.05, 0) is 43.7 Å². The number of nitrogens with zero attached hydrogens (tertiary/aromatic N) is 1. The van der Waals surface area contributed by atoms with Gasteiger partial charge in [-0.25, -0.2) is 0 Å². The molecule has 0 aliphatic carbocycles. The lowest BCUT2D eigenvalue weighted by Crippen LogP contribution is -2.14. The number of nitrogens with one attached hydrogen (secondary N) is 1. The molecule has 25 heavy (non-hydrogen) atoms. The largest absolute Gasteiger partial charge is 0.495 e. The van der Waals surface area contributed by atoms with Crippen molar-refractivity contribution in [2.75, 3.05) is 12.4 Å². The Bertz CT molecular complexity index is 899. The summed E-state index contributed by atoms with van der Waals surface area (Å²) in [6.45, 7) is 3.85. The average Bonchev–Trinajstić information content (AvgIpc) is 2.54. The van der Waals surface area contributed by atoms with Crippen LogP contribution in [0.5, 0.6) is 5.75 Å². The molecule has 4 nitrogen and oxygen atoms in total. The molecule has 0 spiro atoms. The van der Waals surface area contributed by atoms with Crippen molar-refractivity contribution in [3.8, 4) is 11.8 Å². The monoisotopic (exact) mass is 374 g/mol. The smallest absolute Gasteiger partial charge is 0.266 e. The molecule has 0 fully saturated rings. The molecule has 2 rings (SSSR count). The van der Waals surface area contributed by atoms with Gasteiger partial charge in [-0.1, -0.05) is 40.9 Å². The van der Waals surface area contributed by atoms with Gasteiger partial charge in [-0.2, -0.15) is 5.26 Å². The van der Waals surface area contributed by atoms with Crippen molar-refractivity contribution in [2.45, 2.75) is 13.8 Å². The zero-order valence-electron chi connectivity index (χ0n) is 14.0. The number of rotatable bonds is 4. The van der Waals surface area contributed by atoms with Crippen LogP contribution in [0.2, 0.25) is 10.0 Å². The molecule has 1 amide bonds. The van der Waals surface area contributed by atoms with Crippen LogP contribution >= 0.6 is 23.2 Å². The van der Waals surface area contributed by atoms with Gasteiger partial charge >= 0.3 is 0 Å². The molecule has 0 aliphatic heterocycles. The molecule has 1 N–H and O–H groups in total. The van der Waals surface area contributed by atoms with Gasteiger partial charge in [0, 0.05) is 16.3 Å². The number of carbonyl (C=O) groups is 1. The number of methoxy groups -OCH3 is 1. The normalized spacial score (nSPS) is 11.0. The van der Waals surface area contributed by atoms with E-state index in [2.05, 4.69) is 5.32 Å². The van der Waals surface area contributed by atoms with E-state index in [0.29, 0.717) is 27.0 Å². The topological polar surface area (TPSA) is 62.1 Å². The predicted octanol–water partition coefficient (Wildman–Crippen LogP) is 5.16. The van der Waals surface area contributed by atoms with Crippen molar-refractivity contribution in [2.24, 2.45) is 0 Å².